The first-order valence-corrected chi connectivity index (χ1v) is 13.5. The fourth-order valence-electron chi connectivity index (χ4n) is 4.27. The zero-order valence-electron chi connectivity index (χ0n) is 24.5. The smallest absolute Gasteiger partial charge is 0.408 e. The van der Waals surface area contributed by atoms with E-state index in [0.717, 1.165) is 22.3 Å². The molecule has 7 heteroatoms. The number of aryl methyl sites for hydroxylation is 3. The molecule has 0 radical (unpaired) electrons. The van der Waals surface area contributed by atoms with Crippen molar-refractivity contribution in [3.63, 3.8) is 0 Å². The first kappa shape index (κ1) is 30.9. The standard InChI is InChI=1S/C31H45N3O4/c1-10-17-34(29(36)26(18-20(2)3)33-30(37)38-31(7,8)9)27(24-16-15-21(4)23(6)19-24)28(35)32-25-14-12-11-13-22(25)5/h11-16,19-20,26-27H,10,17-18H2,1-9H3,(H,32,35)(H,33,37). The Kier molecular flexibility index (Phi) is 10.9. The Balaban J connectivity index is 2.54. The Morgan fingerprint density at radius 1 is 0.947 bits per heavy atom. The van der Waals surface area contributed by atoms with Gasteiger partial charge in [0.2, 0.25) is 5.91 Å². The lowest BCUT2D eigenvalue weighted by molar-refractivity contribution is -0.141. The van der Waals surface area contributed by atoms with Gasteiger partial charge in [0.15, 0.2) is 0 Å². The van der Waals surface area contributed by atoms with Gasteiger partial charge in [-0.2, -0.15) is 0 Å². The molecule has 2 aromatic carbocycles. The zero-order valence-corrected chi connectivity index (χ0v) is 24.5. The summed E-state index contributed by atoms with van der Waals surface area (Å²) in [6.45, 7) is 17.6. The number of hydrogen-bond donors (Lipinski definition) is 2. The summed E-state index contributed by atoms with van der Waals surface area (Å²) >= 11 is 0. The van der Waals surface area contributed by atoms with Crippen molar-refractivity contribution in [3.05, 3.63) is 64.7 Å². The summed E-state index contributed by atoms with van der Waals surface area (Å²) < 4.78 is 5.45. The van der Waals surface area contributed by atoms with Crippen molar-refractivity contribution in [2.45, 2.75) is 92.8 Å². The predicted molar refractivity (Wildman–Crippen MR) is 153 cm³/mol. The van der Waals surface area contributed by atoms with E-state index in [1.807, 2.05) is 84.0 Å². The van der Waals surface area contributed by atoms with Crippen LogP contribution in [-0.2, 0) is 14.3 Å². The van der Waals surface area contributed by atoms with E-state index in [-0.39, 0.29) is 17.7 Å². The van der Waals surface area contributed by atoms with Gasteiger partial charge in [-0.15, -0.1) is 0 Å². The molecule has 0 saturated heterocycles. The second-order valence-electron chi connectivity index (χ2n) is 11.4. The SMILES string of the molecule is CCCN(C(=O)C(CC(C)C)NC(=O)OC(C)(C)C)C(C(=O)Nc1ccccc1C)c1ccc(C)c(C)c1. The van der Waals surface area contributed by atoms with E-state index in [4.69, 9.17) is 4.74 Å². The van der Waals surface area contributed by atoms with Crippen LogP contribution in [0.2, 0.25) is 0 Å². The maximum absolute atomic E-state index is 14.1. The minimum absolute atomic E-state index is 0.128. The van der Waals surface area contributed by atoms with Crippen molar-refractivity contribution in [3.8, 4) is 0 Å². The first-order valence-electron chi connectivity index (χ1n) is 13.5. The second-order valence-corrected chi connectivity index (χ2v) is 11.4. The minimum Gasteiger partial charge on any atom is -0.444 e. The molecular formula is C31H45N3O4. The maximum atomic E-state index is 14.1. The number of carbonyl (C=O) groups excluding carboxylic acids is 3. The summed E-state index contributed by atoms with van der Waals surface area (Å²) in [5.74, 6) is -0.484. The molecule has 2 aromatic rings. The molecule has 0 aliphatic heterocycles. The highest BCUT2D eigenvalue weighted by atomic mass is 16.6. The number of amides is 3. The van der Waals surface area contributed by atoms with Gasteiger partial charge < -0.3 is 20.3 Å². The number of hydrogen-bond acceptors (Lipinski definition) is 4. The molecule has 0 spiro atoms. The molecular weight excluding hydrogens is 478 g/mol. The third kappa shape index (κ3) is 8.89. The fourth-order valence-corrected chi connectivity index (χ4v) is 4.27. The van der Waals surface area contributed by atoms with Crippen LogP contribution in [0.5, 0.6) is 0 Å². The Bertz CT molecular complexity index is 1120. The molecule has 0 aliphatic carbocycles. The molecule has 7 nitrogen and oxygen atoms in total. The minimum atomic E-state index is -0.878. The molecule has 2 rings (SSSR count). The van der Waals surface area contributed by atoms with Crippen LogP contribution in [0.25, 0.3) is 0 Å². The maximum Gasteiger partial charge on any atom is 0.408 e. The average Bonchev–Trinajstić information content (AvgIpc) is 2.80. The van der Waals surface area contributed by atoms with Crippen molar-refractivity contribution in [2.75, 3.05) is 11.9 Å². The van der Waals surface area contributed by atoms with Gasteiger partial charge in [0, 0.05) is 12.2 Å². The molecule has 208 valence electrons. The van der Waals surface area contributed by atoms with E-state index < -0.39 is 23.8 Å². The van der Waals surface area contributed by atoms with Gasteiger partial charge in [-0.3, -0.25) is 9.59 Å². The van der Waals surface area contributed by atoms with Crippen LogP contribution in [0.15, 0.2) is 42.5 Å². The Morgan fingerprint density at radius 2 is 1.61 bits per heavy atom. The molecule has 3 amide bonds. The number of nitrogens with zero attached hydrogens (tertiary/aromatic N) is 1. The topological polar surface area (TPSA) is 87.7 Å². The van der Waals surface area contributed by atoms with Crippen molar-refractivity contribution in [1.82, 2.24) is 10.2 Å². The Labute approximate surface area is 228 Å². The van der Waals surface area contributed by atoms with E-state index >= 15 is 0 Å². The molecule has 0 bridgehead atoms. The summed E-state index contributed by atoms with van der Waals surface area (Å²) in [6, 6.07) is 11.7. The summed E-state index contributed by atoms with van der Waals surface area (Å²) in [5.41, 5.74) is 3.78. The first-order chi connectivity index (χ1) is 17.7. The van der Waals surface area contributed by atoms with Gasteiger partial charge in [0.25, 0.3) is 5.91 Å². The highest BCUT2D eigenvalue weighted by Gasteiger charge is 2.36. The highest BCUT2D eigenvalue weighted by molar-refractivity contribution is 5.99. The van der Waals surface area contributed by atoms with Gasteiger partial charge in [0.05, 0.1) is 0 Å². The van der Waals surface area contributed by atoms with Gasteiger partial charge >= 0.3 is 6.09 Å². The molecule has 2 N–H and O–H groups in total. The second kappa shape index (κ2) is 13.4. The molecule has 0 heterocycles. The summed E-state index contributed by atoms with van der Waals surface area (Å²) in [4.78, 5) is 42.3. The third-order valence-corrected chi connectivity index (χ3v) is 6.25. The molecule has 0 fully saturated rings. The normalized spacial score (nSPS) is 13.0. The number of para-hydroxylation sites is 1. The quantitative estimate of drug-likeness (QED) is 0.374. The fraction of sp³-hybridized carbons (Fsp3) is 0.516. The average molecular weight is 524 g/mol. The summed E-state index contributed by atoms with van der Waals surface area (Å²) in [6.07, 6.45) is 0.406. The number of carbonyl (C=O) groups is 3. The Morgan fingerprint density at radius 3 is 2.16 bits per heavy atom. The number of nitrogens with one attached hydrogen (secondary N) is 2. The van der Waals surface area contributed by atoms with E-state index in [1.54, 1.807) is 25.7 Å². The molecule has 2 atom stereocenters. The van der Waals surface area contributed by atoms with Crippen molar-refractivity contribution >= 4 is 23.6 Å². The molecule has 38 heavy (non-hydrogen) atoms. The summed E-state index contributed by atoms with van der Waals surface area (Å²) in [5, 5.41) is 5.83. The largest absolute Gasteiger partial charge is 0.444 e. The lowest BCUT2D eigenvalue weighted by Gasteiger charge is -2.35. The zero-order chi connectivity index (χ0) is 28.6. The molecule has 2 unspecified atom stereocenters. The van der Waals surface area contributed by atoms with Crippen LogP contribution in [-0.4, -0.2) is 41.0 Å². The van der Waals surface area contributed by atoms with Crippen LogP contribution < -0.4 is 10.6 Å². The van der Waals surface area contributed by atoms with Crippen LogP contribution in [0.3, 0.4) is 0 Å². The lowest BCUT2D eigenvalue weighted by atomic mass is 9.96. The third-order valence-electron chi connectivity index (χ3n) is 6.25. The van der Waals surface area contributed by atoms with Crippen molar-refractivity contribution < 1.29 is 19.1 Å². The van der Waals surface area contributed by atoms with Crippen LogP contribution in [0.4, 0.5) is 10.5 Å². The van der Waals surface area contributed by atoms with Crippen molar-refractivity contribution in [2.24, 2.45) is 5.92 Å². The van der Waals surface area contributed by atoms with Crippen LogP contribution in [0.1, 0.15) is 82.7 Å². The van der Waals surface area contributed by atoms with Crippen molar-refractivity contribution in [1.29, 1.82) is 0 Å². The summed E-state index contributed by atoms with van der Waals surface area (Å²) in [7, 11) is 0. The van der Waals surface area contributed by atoms with Gasteiger partial charge in [-0.1, -0.05) is 57.2 Å². The van der Waals surface area contributed by atoms with Crippen LogP contribution >= 0.6 is 0 Å². The molecule has 0 saturated carbocycles. The van der Waals surface area contributed by atoms with Gasteiger partial charge in [0.1, 0.15) is 17.7 Å². The predicted octanol–water partition coefficient (Wildman–Crippen LogP) is 6.47. The number of alkyl carbamates (subject to hydrolysis) is 1. The van der Waals surface area contributed by atoms with Crippen LogP contribution in [0, 0.1) is 26.7 Å². The highest BCUT2D eigenvalue weighted by Crippen LogP contribution is 2.28. The number of ether oxygens (including phenoxy) is 1. The number of benzene rings is 2. The van der Waals surface area contributed by atoms with E-state index in [2.05, 4.69) is 10.6 Å². The van der Waals surface area contributed by atoms with Gasteiger partial charge in [-0.25, -0.2) is 4.79 Å². The van der Waals surface area contributed by atoms with E-state index in [1.165, 1.54) is 0 Å². The monoisotopic (exact) mass is 523 g/mol. The number of anilines is 1. The molecule has 0 aliphatic rings. The Hall–Kier alpha value is -3.35. The molecule has 0 aromatic heterocycles. The number of rotatable bonds is 10. The van der Waals surface area contributed by atoms with Gasteiger partial charge in [-0.05, 0) is 88.6 Å². The van der Waals surface area contributed by atoms with E-state index in [0.29, 0.717) is 25.1 Å². The van der Waals surface area contributed by atoms with E-state index in [9.17, 15) is 14.4 Å². The lowest BCUT2D eigenvalue weighted by Crippen LogP contribution is -2.53.